The van der Waals surface area contributed by atoms with Crippen molar-refractivity contribution in [3.8, 4) is 11.5 Å². The lowest BCUT2D eigenvalue weighted by Crippen LogP contribution is -2.16. The minimum Gasteiger partial charge on any atom is -0.399 e. The molecule has 2 aromatic rings. The summed E-state index contributed by atoms with van der Waals surface area (Å²) in [5.74, 6) is 3.61. The van der Waals surface area contributed by atoms with E-state index in [0.717, 1.165) is 21.6 Å². The number of hydrogen-bond donors (Lipinski definition) is 1. The van der Waals surface area contributed by atoms with Crippen LogP contribution >= 0.6 is 39.5 Å². The summed E-state index contributed by atoms with van der Waals surface area (Å²) in [6.45, 7) is 2.22. The number of aromatic nitrogens is 2. The maximum absolute atomic E-state index is 5.82. The molecular formula is C13H14BrN3OS2. The number of nitrogens with zero attached hydrogens (tertiary/aromatic N) is 2. The van der Waals surface area contributed by atoms with E-state index >= 15 is 0 Å². The van der Waals surface area contributed by atoms with Crippen LogP contribution in [0.4, 0.5) is 5.69 Å². The first kappa shape index (κ1) is 14.3. The molecule has 1 aromatic carbocycles. The largest absolute Gasteiger partial charge is 0.399 e. The summed E-state index contributed by atoms with van der Waals surface area (Å²) >= 11 is 7.35. The van der Waals surface area contributed by atoms with Gasteiger partial charge in [0.2, 0.25) is 0 Å². The van der Waals surface area contributed by atoms with Gasteiger partial charge in [-0.15, -0.1) is 11.8 Å². The highest BCUT2D eigenvalue weighted by Crippen LogP contribution is 2.42. The lowest BCUT2D eigenvalue weighted by Gasteiger charge is -2.24. The molecule has 0 bridgehead atoms. The van der Waals surface area contributed by atoms with Gasteiger partial charge >= 0.3 is 0 Å². The highest BCUT2D eigenvalue weighted by Gasteiger charge is 2.28. The monoisotopic (exact) mass is 371 g/mol. The van der Waals surface area contributed by atoms with Crippen LogP contribution in [0.25, 0.3) is 11.5 Å². The first-order valence-electron chi connectivity index (χ1n) is 6.27. The maximum atomic E-state index is 5.82. The summed E-state index contributed by atoms with van der Waals surface area (Å²) in [6, 6.07) is 5.57. The maximum Gasteiger partial charge on any atom is 0.259 e. The van der Waals surface area contributed by atoms with Crippen molar-refractivity contribution in [2.75, 3.05) is 17.2 Å². The summed E-state index contributed by atoms with van der Waals surface area (Å²) in [5.41, 5.74) is 7.34. The molecule has 0 saturated carbocycles. The molecule has 20 heavy (non-hydrogen) atoms. The van der Waals surface area contributed by atoms with Crippen LogP contribution in [0.5, 0.6) is 0 Å². The molecule has 1 aromatic heterocycles. The second kappa shape index (κ2) is 5.99. The molecule has 1 fully saturated rings. The van der Waals surface area contributed by atoms with Crippen LogP contribution in [0, 0.1) is 0 Å². The molecule has 1 saturated heterocycles. The summed E-state index contributed by atoms with van der Waals surface area (Å²) in [6.07, 6.45) is 0. The van der Waals surface area contributed by atoms with Crippen molar-refractivity contribution in [2.24, 2.45) is 0 Å². The fourth-order valence-corrected chi connectivity index (χ4v) is 5.18. The van der Waals surface area contributed by atoms with Crippen molar-refractivity contribution in [2.45, 2.75) is 17.4 Å². The van der Waals surface area contributed by atoms with E-state index in [9.17, 15) is 0 Å². The Kier molecular flexibility index (Phi) is 4.28. The molecule has 2 heterocycles. The van der Waals surface area contributed by atoms with E-state index in [4.69, 9.17) is 10.3 Å². The molecule has 2 atom stereocenters. The van der Waals surface area contributed by atoms with Crippen molar-refractivity contribution < 1.29 is 4.52 Å². The molecule has 2 unspecified atom stereocenters. The molecule has 3 rings (SSSR count). The van der Waals surface area contributed by atoms with Gasteiger partial charge in [-0.05, 0) is 34.1 Å². The van der Waals surface area contributed by atoms with Gasteiger partial charge in [-0.25, -0.2) is 0 Å². The Bertz CT molecular complexity index is 619. The average Bonchev–Trinajstić information content (AvgIpc) is 2.91. The Morgan fingerprint density at radius 2 is 2.15 bits per heavy atom. The topological polar surface area (TPSA) is 64.9 Å². The zero-order valence-electron chi connectivity index (χ0n) is 10.9. The number of nitrogen functional groups attached to an aromatic ring is 1. The minimum atomic E-state index is 0.297. The third kappa shape index (κ3) is 2.84. The predicted octanol–water partition coefficient (Wildman–Crippen LogP) is 3.99. The summed E-state index contributed by atoms with van der Waals surface area (Å²) in [5, 5.41) is 4.96. The number of benzene rings is 1. The molecule has 1 aliphatic heterocycles. The molecule has 2 N–H and O–H groups in total. The fraction of sp³-hybridized carbons (Fsp3) is 0.385. The Balaban J connectivity index is 1.91. The molecular weight excluding hydrogens is 358 g/mol. The van der Waals surface area contributed by atoms with E-state index in [1.807, 2.05) is 41.7 Å². The Morgan fingerprint density at radius 1 is 1.35 bits per heavy atom. The smallest absolute Gasteiger partial charge is 0.259 e. The standard InChI is InChI=1S/C13H14BrN3OS2/c1-7-11(20-5-4-19-7)12-16-13(18-17-12)9-6-8(15)2-3-10(9)14/h2-3,6-7,11H,4-5,15H2,1H3. The summed E-state index contributed by atoms with van der Waals surface area (Å²) in [7, 11) is 0. The van der Waals surface area contributed by atoms with Crippen LogP contribution in [0.15, 0.2) is 27.2 Å². The molecule has 0 aliphatic carbocycles. The minimum absolute atomic E-state index is 0.297. The highest BCUT2D eigenvalue weighted by atomic mass is 79.9. The number of anilines is 1. The van der Waals surface area contributed by atoms with E-state index < -0.39 is 0 Å². The van der Waals surface area contributed by atoms with E-state index in [-0.39, 0.29) is 0 Å². The van der Waals surface area contributed by atoms with Crippen LogP contribution in [0.1, 0.15) is 18.0 Å². The highest BCUT2D eigenvalue weighted by molar-refractivity contribution is 9.10. The van der Waals surface area contributed by atoms with Gasteiger partial charge in [-0.1, -0.05) is 12.1 Å². The average molecular weight is 372 g/mol. The van der Waals surface area contributed by atoms with E-state index in [1.54, 1.807) is 0 Å². The van der Waals surface area contributed by atoms with Crippen molar-refractivity contribution in [3.63, 3.8) is 0 Å². The van der Waals surface area contributed by atoms with E-state index in [2.05, 4.69) is 33.0 Å². The van der Waals surface area contributed by atoms with Gasteiger partial charge in [0, 0.05) is 26.9 Å². The van der Waals surface area contributed by atoms with Crippen LogP contribution in [-0.2, 0) is 0 Å². The third-order valence-electron chi connectivity index (χ3n) is 3.10. The third-order valence-corrected chi connectivity index (χ3v) is 6.88. The second-order valence-corrected chi connectivity index (χ2v) is 8.15. The van der Waals surface area contributed by atoms with Crippen molar-refractivity contribution in [3.05, 3.63) is 28.5 Å². The zero-order valence-corrected chi connectivity index (χ0v) is 14.1. The Hall–Kier alpha value is -0.660. The van der Waals surface area contributed by atoms with Gasteiger partial charge in [0.05, 0.1) is 10.8 Å². The fourth-order valence-electron chi connectivity index (χ4n) is 2.08. The van der Waals surface area contributed by atoms with Crippen LogP contribution in [0.3, 0.4) is 0 Å². The SMILES string of the molecule is CC1SCCSC1c1noc(-c2cc(N)ccc2Br)n1. The van der Waals surface area contributed by atoms with Gasteiger partial charge in [0.15, 0.2) is 5.82 Å². The number of hydrogen-bond acceptors (Lipinski definition) is 6. The summed E-state index contributed by atoms with van der Waals surface area (Å²) < 4.78 is 6.32. The lowest BCUT2D eigenvalue weighted by atomic mass is 10.2. The summed E-state index contributed by atoms with van der Waals surface area (Å²) in [4.78, 5) is 4.56. The van der Waals surface area contributed by atoms with E-state index in [0.29, 0.717) is 22.1 Å². The normalized spacial score (nSPS) is 22.9. The first-order valence-corrected chi connectivity index (χ1v) is 9.16. The van der Waals surface area contributed by atoms with Crippen molar-refractivity contribution >= 4 is 45.1 Å². The van der Waals surface area contributed by atoms with Gasteiger partial charge in [0.25, 0.3) is 5.89 Å². The van der Waals surface area contributed by atoms with Crippen LogP contribution in [0.2, 0.25) is 0 Å². The van der Waals surface area contributed by atoms with Gasteiger partial charge < -0.3 is 10.3 Å². The number of thioether (sulfide) groups is 2. The van der Waals surface area contributed by atoms with Gasteiger partial charge in [-0.2, -0.15) is 16.7 Å². The van der Waals surface area contributed by atoms with E-state index in [1.165, 1.54) is 5.75 Å². The number of rotatable bonds is 2. The second-order valence-electron chi connectivity index (χ2n) is 4.56. The van der Waals surface area contributed by atoms with Crippen LogP contribution in [-0.4, -0.2) is 26.9 Å². The molecule has 7 heteroatoms. The Labute approximate surface area is 134 Å². The first-order chi connectivity index (χ1) is 9.65. The molecule has 0 amide bonds. The van der Waals surface area contributed by atoms with Crippen molar-refractivity contribution in [1.29, 1.82) is 0 Å². The molecule has 106 valence electrons. The van der Waals surface area contributed by atoms with Gasteiger partial charge in [0.1, 0.15) is 0 Å². The lowest BCUT2D eigenvalue weighted by molar-refractivity contribution is 0.421. The van der Waals surface area contributed by atoms with Gasteiger partial charge in [-0.3, -0.25) is 0 Å². The Morgan fingerprint density at radius 3 is 2.95 bits per heavy atom. The molecule has 4 nitrogen and oxygen atoms in total. The zero-order chi connectivity index (χ0) is 14.1. The molecule has 1 aliphatic rings. The molecule has 0 spiro atoms. The quantitative estimate of drug-likeness (QED) is 0.805. The number of halogens is 1. The molecule has 0 radical (unpaired) electrons. The van der Waals surface area contributed by atoms with Crippen LogP contribution < -0.4 is 5.73 Å². The predicted molar refractivity (Wildman–Crippen MR) is 89.0 cm³/mol. The number of nitrogens with two attached hydrogens (primary N) is 1. The van der Waals surface area contributed by atoms with Crippen molar-refractivity contribution in [1.82, 2.24) is 10.1 Å².